The maximum absolute atomic E-state index is 6.12. The van der Waals surface area contributed by atoms with Crippen LogP contribution in [0.3, 0.4) is 0 Å². The van der Waals surface area contributed by atoms with Crippen molar-refractivity contribution in [2.75, 3.05) is 11.9 Å². The molecule has 2 aromatic rings. The van der Waals surface area contributed by atoms with E-state index < -0.39 is 16.4 Å². The van der Waals surface area contributed by atoms with Crippen LogP contribution in [0.25, 0.3) is 0 Å². The van der Waals surface area contributed by atoms with E-state index in [1.807, 2.05) is 6.07 Å². The lowest BCUT2D eigenvalue weighted by atomic mass is 10.2. The monoisotopic (exact) mass is 347 g/mol. The molecule has 0 radical (unpaired) electrons. The number of furan rings is 1. The first-order chi connectivity index (χ1) is 10.6. The fraction of sp³-hybridized carbons (Fsp3) is 0.444. The van der Waals surface area contributed by atoms with Gasteiger partial charge >= 0.3 is 0 Å². The van der Waals surface area contributed by atoms with Crippen molar-refractivity contribution in [2.45, 2.75) is 45.8 Å². The van der Waals surface area contributed by atoms with Crippen LogP contribution >= 0.6 is 0 Å². The van der Waals surface area contributed by atoms with E-state index in [4.69, 9.17) is 8.84 Å². The van der Waals surface area contributed by atoms with Gasteiger partial charge in [-0.15, -0.1) is 0 Å². The lowest BCUT2D eigenvalue weighted by Gasteiger charge is -2.22. The van der Waals surface area contributed by atoms with E-state index in [2.05, 4.69) is 81.6 Å². The predicted molar refractivity (Wildman–Crippen MR) is 104 cm³/mol. The highest BCUT2D eigenvalue weighted by Crippen LogP contribution is 2.27. The number of anilines is 1. The minimum Gasteiger partial charge on any atom is -0.519 e. The molecule has 0 fully saturated rings. The maximum atomic E-state index is 6.12. The van der Waals surface area contributed by atoms with Gasteiger partial charge in [0, 0.05) is 24.8 Å². The highest BCUT2D eigenvalue weighted by atomic mass is 28.4. The van der Waals surface area contributed by atoms with E-state index >= 15 is 0 Å². The predicted octanol–water partition coefficient (Wildman–Crippen LogP) is 4.67. The Hall–Kier alpha value is -1.47. The minimum absolute atomic E-state index is 0.677. The van der Waals surface area contributed by atoms with E-state index in [1.54, 1.807) is 0 Å². The molecular formula is C18H29NO2Si2. The Bertz CT molecular complexity index is 639. The molecule has 126 valence electrons. The fourth-order valence-corrected chi connectivity index (χ4v) is 4.60. The van der Waals surface area contributed by atoms with Crippen LogP contribution in [0, 0.1) is 0 Å². The number of benzene rings is 1. The van der Waals surface area contributed by atoms with Gasteiger partial charge in [-0.05, 0) is 25.2 Å². The van der Waals surface area contributed by atoms with E-state index in [0.717, 1.165) is 12.4 Å². The average molecular weight is 348 g/mol. The van der Waals surface area contributed by atoms with Crippen LogP contribution < -0.4 is 14.5 Å². The Morgan fingerprint density at radius 2 is 1.61 bits per heavy atom. The molecule has 0 amide bonds. The van der Waals surface area contributed by atoms with Crippen molar-refractivity contribution in [3.05, 3.63) is 42.0 Å². The molecule has 23 heavy (non-hydrogen) atoms. The zero-order chi connectivity index (χ0) is 17.3. The van der Waals surface area contributed by atoms with Crippen molar-refractivity contribution in [2.24, 2.45) is 0 Å². The standard InChI is InChI=1S/C18H29NO2Si2/c1-19(14-15-11-9-8-10-12-15)18-16(22(2,3)4)13-17(20-18)21-23(5,6)7/h8-13H,14H2,1-7H3. The summed E-state index contributed by atoms with van der Waals surface area (Å²) >= 11 is 0. The van der Waals surface area contributed by atoms with Crippen molar-refractivity contribution in [3.63, 3.8) is 0 Å². The van der Waals surface area contributed by atoms with Gasteiger partial charge in [0.1, 0.15) is 0 Å². The molecule has 0 aliphatic heterocycles. The van der Waals surface area contributed by atoms with Crippen molar-refractivity contribution in [1.82, 2.24) is 0 Å². The van der Waals surface area contributed by atoms with Crippen LogP contribution in [0.15, 0.2) is 40.8 Å². The van der Waals surface area contributed by atoms with Crippen LogP contribution in [0.5, 0.6) is 5.95 Å². The Morgan fingerprint density at radius 3 is 2.13 bits per heavy atom. The summed E-state index contributed by atoms with van der Waals surface area (Å²) in [6.45, 7) is 14.4. The van der Waals surface area contributed by atoms with Gasteiger partial charge in [-0.2, -0.15) is 0 Å². The van der Waals surface area contributed by atoms with Crippen LogP contribution in [0.2, 0.25) is 39.3 Å². The summed E-state index contributed by atoms with van der Waals surface area (Å²) in [6, 6.07) is 12.6. The molecule has 0 atom stereocenters. The molecule has 0 spiro atoms. The third-order valence-corrected chi connectivity index (χ3v) is 6.30. The molecule has 0 aliphatic carbocycles. The Kier molecular flexibility index (Phi) is 5.11. The Labute approximate surface area is 142 Å². The second-order valence-electron chi connectivity index (χ2n) is 8.09. The molecule has 0 unspecified atom stereocenters. The average Bonchev–Trinajstić information content (AvgIpc) is 2.81. The molecular weight excluding hydrogens is 318 g/mol. The van der Waals surface area contributed by atoms with Crippen molar-refractivity contribution in [3.8, 4) is 5.95 Å². The lowest BCUT2D eigenvalue weighted by Crippen LogP contribution is -2.40. The summed E-state index contributed by atoms with van der Waals surface area (Å²) in [4.78, 5) is 2.19. The molecule has 5 heteroatoms. The maximum Gasteiger partial charge on any atom is 0.272 e. The molecule has 1 aromatic heterocycles. The molecule has 0 bridgehead atoms. The number of rotatable bonds is 6. The second-order valence-corrected chi connectivity index (χ2v) is 17.6. The van der Waals surface area contributed by atoms with Gasteiger partial charge in [0.2, 0.25) is 8.32 Å². The van der Waals surface area contributed by atoms with Crippen molar-refractivity contribution in [1.29, 1.82) is 0 Å². The normalized spacial score (nSPS) is 12.3. The fourth-order valence-electron chi connectivity index (χ4n) is 2.46. The van der Waals surface area contributed by atoms with E-state index in [-0.39, 0.29) is 0 Å². The summed E-state index contributed by atoms with van der Waals surface area (Å²) < 4.78 is 12.2. The van der Waals surface area contributed by atoms with Gasteiger partial charge in [-0.25, -0.2) is 0 Å². The third kappa shape index (κ3) is 5.01. The second kappa shape index (κ2) is 6.57. The highest BCUT2D eigenvalue weighted by Gasteiger charge is 2.29. The van der Waals surface area contributed by atoms with Crippen molar-refractivity contribution >= 4 is 27.5 Å². The molecule has 1 heterocycles. The molecule has 3 nitrogen and oxygen atoms in total. The van der Waals surface area contributed by atoms with Crippen molar-refractivity contribution < 1.29 is 8.84 Å². The smallest absolute Gasteiger partial charge is 0.272 e. The van der Waals surface area contributed by atoms with E-state index in [0.29, 0.717) is 5.95 Å². The van der Waals surface area contributed by atoms with Gasteiger partial charge in [-0.3, -0.25) is 0 Å². The Morgan fingerprint density at radius 1 is 1.00 bits per heavy atom. The SMILES string of the molecule is CN(Cc1ccccc1)c1oc(O[Si](C)(C)C)cc1[Si](C)(C)C. The first-order valence-corrected chi connectivity index (χ1v) is 15.1. The molecule has 1 aromatic carbocycles. The van der Waals surface area contributed by atoms with Gasteiger partial charge < -0.3 is 13.7 Å². The summed E-state index contributed by atoms with van der Waals surface area (Å²) in [5, 5.41) is 1.32. The Balaban J connectivity index is 2.31. The molecule has 0 saturated heterocycles. The number of hydrogen-bond donors (Lipinski definition) is 0. The first kappa shape index (κ1) is 17.9. The summed E-state index contributed by atoms with van der Waals surface area (Å²) in [5.74, 6) is 1.64. The van der Waals surface area contributed by atoms with Crippen LogP contribution in [-0.2, 0) is 6.54 Å². The first-order valence-electron chi connectivity index (χ1n) is 8.15. The lowest BCUT2D eigenvalue weighted by molar-refractivity contribution is 0.387. The van der Waals surface area contributed by atoms with Crippen LogP contribution in [-0.4, -0.2) is 23.4 Å². The molecule has 0 saturated carbocycles. The molecule has 0 aliphatic rings. The van der Waals surface area contributed by atoms with E-state index in [1.165, 1.54) is 10.8 Å². The summed E-state index contributed by atoms with van der Waals surface area (Å²) in [5.41, 5.74) is 1.28. The number of nitrogens with zero attached hydrogens (tertiary/aromatic N) is 1. The van der Waals surface area contributed by atoms with Gasteiger partial charge in [0.15, 0.2) is 5.88 Å². The summed E-state index contributed by atoms with van der Waals surface area (Å²) in [6.07, 6.45) is 0. The van der Waals surface area contributed by atoms with Gasteiger partial charge in [-0.1, -0.05) is 50.0 Å². The summed E-state index contributed by atoms with van der Waals surface area (Å²) in [7, 11) is -1.09. The zero-order valence-electron chi connectivity index (χ0n) is 15.4. The molecule has 0 N–H and O–H groups in total. The highest BCUT2D eigenvalue weighted by molar-refractivity contribution is 6.89. The van der Waals surface area contributed by atoms with Crippen LogP contribution in [0.1, 0.15) is 5.56 Å². The quantitative estimate of drug-likeness (QED) is 0.710. The zero-order valence-corrected chi connectivity index (χ0v) is 17.4. The largest absolute Gasteiger partial charge is 0.519 e. The minimum atomic E-state index is -1.67. The third-order valence-electron chi connectivity index (χ3n) is 3.51. The van der Waals surface area contributed by atoms with Crippen LogP contribution in [0.4, 0.5) is 5.88 Å². The number of hydrogen-bond acceptors (Lipinski definition) is 3. The van der Waals surface area contributed by atoms with Gasteiger partial charge in [0.25, 0.3) is 5.95 Å². The topological polar surface area (TPSA) is 25.6 Å². The van der Waals surface area contributed by atoms with Gasteiger partial charge in [0.05, 0.1) is 8.07 Å². The molecule has 2 rings (SSSR count). The van der Waals surface area contributed by atoms with E-state index in [9.17, 15) is 0 Å².